The van der Waals surface area contributed by atoms with E-state index in [-0.39, 0.29) is 16.5 Å². The molecule has 0 fully saturated rings. The highest BCUT2D eigenvalue weighted by atomic mass is 35.5. The Labute approximate surface area is 117 Å². The Kier molecular flexibility index (Phi) is 5.73. The van der Waals surface area contributed by atoms with Crippen LogP contribution >= 0.6 is 23.2 Å². The fourth-order valence-corrected chi connectivity index (χ4v) is 2.94. The van der Waals surface area contributed by atoms with E-state index in [0.717, 1.165) is 0 Å². The second-order valence-electron chi connectivity index (χ2n) is 3.62. The Morgan fingerprint density at radius 2 is 2.06 bits per heavy atom. The molecule has 0 bridgehead atoms. The molecule has 0 aromatic heterocycles. The van der Waals surface area contributed by atoms with E-state index in [1.165, 1.54) is 18.2 Å². The summed E-state index contributed by atoms with van der Waals surface area (Å²) < 4.78 is 25.8. The van der Waals surface area contributed by atoms with Crippen LogP contribution in [-0.4, -0.2) is 20.1 Å². The van der Waals surface area contributed by atoms with E-state index in [4.69, 9.17) is 28.5 Å². The van der Waals surface area contributed by atoms with Crippen LogP contribution in [0.2, 0.25) is 5.02 Å². The molecule has 0 atom stereocenters. The number of nitrogens with zero attached hydrogens (tertiary/aromatic N) is 1. The molecule has 7 heteroatoms. The smallest absolute Gasteiger partial charge is 0.232 e. The first-order chi connectivity index (χ1) is 8.48. The van der Waals surface area contributed by atoms with Crippen molar-refractivity contribution in [1.82, 2.24) is 0 Å². The third kappa shape index (κ3) is 4.73. The lowest BCUT2D eigenvalue weighted by atomic mass is 10.2. The van der Waals surface area contributed by atoms with E-state index in [1.54, 1.807) is 0 Å². The molecule has 1 rings (SSSR count). The molecule has 0 radical (unpaired) electrons. The van der Waals surface area contributed by atoms with Gasteiger partial charge in [-0.25, -0.2) is 8.42 Å². The zero-order chi connectivity index (χ0) is 13.6. The average molecular weight is 307 g/mol. The van der Waals surface area contributed by atoms with Crippen molar-refractivity contribution in [3.8, 4) is 6.07 Å². The SMILES string of the molecule is N#Cc1ccc(NS(=O)(=O)CCCCCl)c(Cl)c1. The fourth-order valence-electron chi connectivity index (χ4n) is 1.27. The lowest BCUT2D eigenvalue weighted by Gasteiger charge is -2.09. The zero-order valence-corrected chi connectivity index (χ0v) is 11.8. The van der Waals surface area contributed by atoms with Gasteiger partial charge in [0.15, 0.2) is 0 Å². The van der Waals surface area contributed by atoms with E-state index in [1.807, 2.05) is 6.07 Å². The van der Waals surface area contributed by atoms with Gasteiger partial charge < -0.3 is 0 Å². The van der Waals surface area contributed by atoms with Crippen LogP contribution in [0.25, 0.3) is 0 Å². The molecule has 1 aromatic carbocycles. The number of nitriles is 1. The van der Waals surface area contributed by atoms with E-state index < -0.39 is 10.0 Å². The van der Waals surface area contributed by atoms with Gasteiger partial charge in [-0.2, -0.15) is 5.26 Å². The normalized spacial score (nSPS) is 10.9. The minimum Gasteiger partial charge on any atom is -0.282 e. The molecule has 0 aliphatic rings. The predicted molar refractivity (Wildman–Crippen MR) is 73.5 cm³/mol. The number of sulfonamides is 1. The molecule has 4 nitrogen and oxygen atoms in total. The molecule has 1 N–H and O–H groups in total. The van der Waals surface area contributed by atoms with E-state index >= 15 is 0 Å². The highest BCUT2D eigenvalue weighted by Crippen LogP contribution is 2.24. The van der Waals surface area contributed by atoms with E-state index in [2.05, 4.69) is 4.72 Å². The molecule has 18 heavy (non-hydrogen) atoms. The molecule has 0 spiro atoms. The van der Waals surface area contributed by atoms with Gasteiger partial charge in [0, 0.05) is 5.88 Å². The molecule has 0 saturated heterocycles. The lowest BCUT2D eigenvalue weighted by Crippen LogP contribution is -2.17. The van der Waals surface area contributed by atoms with E-state index in [0.29, 0.717) is 24.3 Å². The number of nitrogens with one attached hydrogen (secondary N) is 1. The average Bonchev–Trinajstić information content (AvgIpc) is 2.31. The van der Waals surface area contributed by atoms with Crippen molar-refractivity contribution in [2.45, 2.75) is 12.8 Å². The van der Waals surface area contributed by atoms with Gasteiger partial charge in [0.05, 0.1) is 28.1 Å². The van der Waals surface area contributed by atoms with Gasteiger partial charge in [-0.1, -0.05) is 11.6 Å². The quantitative estimate of drug-likeness (QED) is 0.649. The number of unbranched alkanes of at least 4 members (excludes halogenated alkanes) is 1. The predicted octanol–water partition coefficient (Wildman–Crippen LogP) is 2.97. The molecule has 0 unspecified atom stereocenters. The summed E-state index contributed by atoms with van der Waals surface area (Å²) in [7, 11) is -3.42. The van der Waals surface area contributed by atoms with Crippen molar-refractivity contribution in [2.24, 2.45) is 0 Å². The maximum absolute atomic E-state index is 11.7. The van der Waals surface area contributed by atoms with Crippen LogP contribution in [-0.2, 0) is 10.0 Å². The minimum absolute atomic E-state index is 0.00392. The van der Waals surface area contributed by atoms with Crippen LogP contribution < -0.4 is 4.72 Å². The van der Waals surface area contributed by atoms with Crippen LogP contribution in [0.1, 0.15) is 18.4 Å². The van der Waals surface area contributed by atoms with Crippen molar-refractivity contribution < 1.29 is 8.42 Å². The van der Waals surface area contributed by atoms with Crippen molar-refractivity contribution in [1.29, 1.82) is 5.26 Å². The summed E-state index contributed by atoms with van der Waals surface area (Å²) in [6.07, 6.45) is 1.14. The second kappa shape index (κ2) is 6.83. The summed E-state index contributed by atoms with van der Waals surface area (Å²) in [6, 6.07) is 6.31. The van der Waals surface area contributed by atoms with Crippen LogP contribution in [0.3, 0.4) is 0 Å². The van der Waals surface area contributed by atoms with Crippen LogP contribution in [0.4, 0.5) is 5.69 Å². The number of benzene rings is 1. The third-order valence-corrected chi connectivity index (χ3v) is 4.10. The maximum atomic E-state index is 11.7. The number of anilines is 1. The molecular weight excluding hydrogens is 295 g/mol. The topological polar surface area (TPSA) is 70.0 Å². The van der Waals surface area contributed by atoms with E-state index in [9.17, 15) is 8.42 Å². The molecule has 0 aliphatic heterocycles. The summed E-state index contributed by atoms with van der Waals surface area (Å²) in [4.78, 5) is 0. The number of hydrogen-bond acceptors (Lipinski definition) is 3. The van der Waals surface area contributed by atoms with Crippen molar-refractivity contribution in [3.63, 3.8) is 0 Å². The van der Waals surface area contributed by atoms with Crippen molar-refractivity contribution in [2.75, 3.05) is 16.4 Å². The van der Waals surface area contributed by atoms with Crippen LogP contribution in [0.5, 0.6) is 0 Å². The second-order valence-corrected chi connectivity index (χ2v) is 6.25. The Bertz CT molecular complexity index is 553. The first kappa shape index (κ1) is 15.1. The van der Waals surface area contributed by atoms with Gasteiger partial charge >= 0.3 is 0 Å². The highest BCUT2D eigenvalue weighted by molar-refractivity contribution is 7.92. The molecule has 0 heterocycles. The van der Waals surface area contributed by atoms with Gasteiger partial charge in [0.1, 0.15) is 0 Å². The Hall–Kier alpha value is -0.960. The zero-order valence-electron chi connectivity index (χ0n) is 9.49. The summed E-state index contributed by atoms with van der Waals surface area (Å²) in [5.41, 5.74) is 0.659. The minimum atomic E-state index is -3.42. The highest BCUT2D eigenvalue weighted by Gasteiger charge is 2.12. The molecule has 0 amide bonds. The molecule has 0 aliphatic carbocycles. The largest absolute Gasteiger partial charge is 0.282 e. The van der Waals surface area contributed by atoms with Crippen molar-refractivity contribution >= 4 is 38.9 Å². The Balaban J connectivity index is 2.75. The monoisotopic (exact) mass is 306 g/mol. The summed E-state index contributed by atoms with van der Waals surface area (Å²) in [5.74, 6) is 0.434. The van der Waals surface area contributed by atoms with Gasteiger partial charge in [0.2, 0.25) is 10.0 Å². The Morgan fingerprint density at radius 1 is 1.33 bits per heavy atom. The van der Waals surface area contributed by atoms with Gasteiger partial charge in [0.25, 0.3) is 0 Å². The number of rotatable bonds is 6. The lowest BCUT2D eigenvalue weighted by molar-refractivity contribution is 0.598. The van der Waals surface area contributed by atoms with Gasteiger partial charge in [-0.15, -0.1) is 11.6 Å². The van der Waals surface area contributed by atoms with Crippen molar-refractivity contribution in [3.05, 3.63) is 28.8 Å². The first-order valence-corrected chi connectivity index (χ1v) is 7.81. The maximum Gasteiger partial charge on any atom is 0.232 e. The molecule has 0 saturated carbocycles. The Morgan fingerprint density at radius 3 is 2.61 bits per heavy atom. The first-order valence-electron chi connectivity index (χ1n) is 5.24. The number of alkyl halides is 1. The third-order valence-electron chi connectivity index (χ3n) is 2.16. The summed E-state index contributed by atoms with van der Waals surface area (Å²) in [6.45, 7) is 0. The van der Waals surface area contributed by atoms with Crippen LogP contribution in [0, 0.1) is 11.3 Å². The molecule has 98 valence electrons. The van der Waals surface area contributed by atoms with Gasteiger partial charge in [-0.05, 0) is 31.0 Å². The fraction of sp³-hybridized carbons (Fsp3) is 0.364. The molecular formula is C11H12Cl2N2O2S. The van der Waals surface area contributed by atoms with Crippen LogP contribution in [0.15, 0.2) is 18.2 Å². The van der Waals surface area contributed by atoms with Gasteiger partial charge in [-0.3, -0.25) is 4.72 Å². The molecule has 1 aromatic rings. The number of halogens is 2. The number of hydrogen-bond donors (Lipinski definition) is 1. The summed E-state index contributed by atoms with van der Waals surface area (Å²) in [5, 5.41) is 8.87. The summed E-state index contributed by atoms with van der Waals surface area (Å²) >= 11 is 11.4. The standard InChI is InChI=1S/C11H12Cl2N2O2S/c12-5-1-2-6-18(16,17)15-11-4-3-9(8-14)7-10(11)13/h3-4,7,15H,1-2,5-6H2.